The van der Waals surface area contributed by atoms with E-state index in [1.807, 2.05) is 56.3 Å². The fourth-order valence-electron chi connectivity index (χ4n) is 4.29. The highest BCUT2D eigenvalue weighted by Crippen LogP contribution is 2.43. The summed E-state index contributed by atoms with van der Waals surface area (Å²) in [5.41, 5.74) is 2.15. The number of amides is 2. The summed E-state index contributed by atoms with van der Waals surface area (Å²) in [6.07, 6.45) is -4.71. The molecule has 1 saturated heterocycles. The molecule has 0 aromatic heterocycles. The molecule has 0 spiro atoms. The van der Waals surface area contributed by atoms with Crippen molar-refractivity contribution in [2.75, 3.05) is 4.90 Å². The van der Waals surface area contributed by atoms with Crippen LogP contribution in [0.2, 0.25) is 5.02 Å². The number of benzene rings is 3. The van der Waals surface area contributed by atoms with Gasteiger partial charge in [0.05, 0.1) is 16.9 Å². The van der Waals surface area contributed by atoms with Crippen LogP contribution in [0.15, 0.2) is 77.3 Å². The van der Waals surface area contributed by atoms with Crippen molar-refractivity contribution in [2.45, 2.75) is 44.7 Å². The second kappa shape index (κ2) is 11.8. The summed E-state index contributed by atoms with van der Waals surface area (Å²) in [6.45, 7) is 5.56. The van der Waals surface area contributed by atoms with Gasteiger partial charge >= 0.3 is 6.18 Å². The Morgan fingerprint density at radius 2 is 1.80 bits per heavy atom. The smallest absolute Gasteiger partial charge is 0.345 e. The van der Waals surface area contributed by atoms with Gasteiger partial charge in [0.2, 0.25) is 5.91 Å². The molecule has 1 aliphatic heterocycles. The van der Waals surface area contributed by atoms with Crippen molar-refractivity contribution in [3.8, 4) is 6.07 Å². The molecule has 0 saturated carbocycles. The molecule has 1 N–H and O–H groups in total. The Labute approximate surface area is 239 Å². The van der Waals surface area contributed by atoms with Crippen LogP contribution in [0.3, 0.4) is 0 Å². The van der Waals surface area contributed by atoms with Crippen molar-refractivity contribution in [3.63, 3.8) is 0 Å². The van der Waals surface area contributed by atoms with E-state index in [9.17, 15) is 28.0 Å². The van der Waals surface area contributed by atoms with Crippen molar-refractivity contribution in [1.82, 2.24) is 5.32 Å². The Morgan fingerprint density at radius 3 is 2.42 bits per heavy atom. The van der Waals surface area contributed by atoms with Gasteiger partial charge < -0.3 is 5.32 Å². The van der Waals surface area contributed by atoms with E-state index >= 15 is 0 Å². The van der Waals surface area contributed by atoms with Crippen LogP contribution in [0.4, 0.5) is 18.9 Å². The fourth-order valence-corrected chi connectivity index (χ4v) is 5.78. The number of hydrogen-bond donors (Lipinski definition) is 1. The summed E-state index contributed by atoms with van der Waals surface area (Å²) >= 11 is 7.19. The Morgan fingerprint density at radius 1 is 1.10 bits per heavy atom. The number of alkyl halides is 3. The minimum Gasteiger partial charge on any atom is -0.345 e. The summed E-state index contributed by atoms with van der Waals surface area (Å²) in [5, 5.41) is 12.2. The lowest BCUT2D eigenvalue weighted by Gasteiger charge is -2.20. The van der Waals surface area contributed by atoms with Crippen molar-refractivity contribution < 1.29 is 22.8 Å². The third kappa shape index (κ3) is 6.19. The first kappa shape index (κ1) is 29.2. The standard InChI is InChI=1S/C30H25ClF3N3O2S/c1-17-9-11-23(13-18(17)2)37-28(39)26(15-21-14-22(30(32,33)34)10-12-25(21)31)40-29(37)24(16-35)27(38)36-19(3)20-7-5-4-6-8-20/h4-14,19,26H,15H2,1-3H3,(H,36,38)/b29-24-. The molecule has 0 radical (unpaired) electrons. The van der Waals surface area contributed by atoms with E-state index in [2.05, 4.69) is 5.32 Å². The van der Waals surface area contributed by atoms with E-state index in [4.69, 9.17) is 11.6 Å². The molecule has 0 aliphatic carbocycles. The number of aryl methyl sites for hydroxylation is 2. The number of thioether (sulfide) groups is 1. The van der Waals surface area contributed by atoms with Gasteiger partial charge in [0, 0.05) is 10.7 Å². The predicted molar refractivity (Wildman–Crippen MR) is 151 cm³/mol. The SMILES string of the molecule is Cc1ccc(N2C(=O)C(Cc3cc(C(F)(F)F)ccc3Cl)S/C2=C(/C#N)C(=O)NC(C)c2ccccc2)cc1C. The molecule has 2 atom stereocenters. The van der Waals surface area contributed by atoms with Gasteiger partial charge in [-0.15, -0.1) is 0 Å². The molecule has 2 amide bonds. The number of hydrogen-bond acceptors (Lipinski definition) is 4. The molecule has 3 aromatic carbocycles. The third-order valence-electron chi connectivity index (χ3n) is 6.68. The van der Waals surface area contributed by atoms with Gasteiger partial charge in [0.1, 0.15) is 16.7 Å². The highest BCUT2D eigenvalue weighted by molar-refractivity contribution is 8.05. The number of nitrogens with zero attached hydrogens (tertiary/aromatic N) is 2. The van der Waals surface area contributed by atoms with Crippen LogP contribution in [0.25, 0.3) is 0 Å². The van der Waals surface area contributed by atoms with Gasteiger partial charge in [-0.1, -0.05) is 59.8 Å². The minimum absolute atomic E-state index is 0.0893. The first-order chi connectivity index (χ1) is 18.9. The van der Waals surface area contributed by atoms with Gasteiger partial charge in [-0.25, -0.2) is 0 Å². The van der Waals surface area contributed by atoms with Crippen LogP contribution in [0, 0.1) is 25.2 Å². The molecule has 5 nitrogen and oxygen atoms in total. The van der Waals surface area contributed by atoms with E-state index in [1.54, 1.807) is 19.1 Å². The van der Waals surface area contributed by atoms with Crippen molar-refractivity contribution >= 4 is 40.9 Å². The average molecular weight is 584 g/mol. The lowest BCUT2D eigenvalue weighted by molar-refractivity contribution is -0.137. The maximum absolute atomic E-state index is 13.8. The van der Waals surface area contributed by atoms with Crippen LogP contribution in [0.5, 0.6) is 0 Å². The zero-order valence-electron chi connectivity index (χ0n) is 21.8. The third-order valence-corrected chi connectivity index (χ3v) is 8.31. The fraction of sp³-hybridized carbons (Fsp3) is 0.233. The van der Waals surface area contributed by atoms with Crippen molar-refractivity contribution in [2.24, 2.45) is 0 Å². The monoisotopic (exact) mass is 583 g/mol. The van der Waals surface area contributed by atoms with Gasteiger partial charge in [-0.05, 0) is 79.8 Å². The Kier molecular flexibility index (Phi) is 8.62. The number of halogens is 4. The zero-order chi connectivity index (χ0) is 29.2. The van der Waals surface area contributed by atoms with Gasteiger partial charge in [0.25, 0.3) is 5.91 Å². The molecule has 1 aliphatic rings. The van der Waals surface area contributed by atoms with E-state index in [0.29, 0.717) is 5.69 Å². The van der Waals surface area contributed by atoms with E-state index in [1.165, 1.54) is 4.90 Å². The Hall–Kier alpha value is -3.74. The first-order valence-electron chi connectivity index (χ1n) is 12.3. The van der Waals surface area contributed by atoms with Crippen LogP contribution >= 0.6 is 23.4 Å². The van der Waals surface area contributed by atoms with Crippen LogP contribution < -0.4 is 10.2 Å². The highest BCUT2D eigenvalue weighted by atomic mass is 35.5. The maximum Gasteiger partial charge on any atom is 0.416 e. The van der Waals surface area contributed by atoms with Crippen LogP contribution in [-0.4, -0.2) is 17.1 Å². The number of anilines is 1. The first-order valence-corrected chi connectivity index (χ1v) is 13.6. The average Bonchev–Trinajstić information content (AvgIpc) is 3.22. The normalized spacial score (nSPS) is 17.4. The molecule has 1 fully saturated rings. The number of nitrogens with one attached hydrogen (secondary N) is 1. The number of carbonyl (C=O) groups is 2. The largest absolute Gasteiger partial charge is 0.416 e. The molecule has 2 unspecified atom stereocenters. The predicted octanol–water partition coefficient (Wildman–Crippen LogP) is 7.28. The maximum atomic E-state index is 13.8. The minimum atomic E-state index is -4.58. The van der Waals surface area contributed by atoms with Crippen molar-refractivity contribution in [3.05, 3.63) is 110 Å². The van der Waals surface area contributed by atoms with Gasteiger partial charge in [-0.3, -0.25) is 14.5 Å². The second-order valence-electron chi connectivity index (χ2n) is 9.45. The van der Waals surface area contributed by atoms with E-state index in [-0.39, 0.29) is 27.6 Å². The molecule has 1 heterocycles. The summed E-state index contributed by atoms with van der Waals surface area (Å²) in [5.74, 6) is -1.13. The zero-order valence-corrected chi connectivity index (χ0v) is 23.4. The number of nitriles is 1. The molecule has 40 heavy (non-hydrogen) atoms. The lowest BCUT2D eigenvalue weighted by Crippen LogP contribution is -2.33. The number of rotatable bonds is 6. The van der Waals surface area contributed by atoms with Crippen molar-refractivity contribution in [1.29, 1.82) is 5.26 Å². The van der Waals surface area contributed by atoms with Crippen LogP contribution in [-0.2, 0) is 22.2 Å². The molecule has 4 rings (SSSR count). The lowest BCUT2D eigenvalue weighted by atomic mass is 10.0. The molecule has 0 bridgehead atoms. The summed E-state index contributed by atoms with van der Waals surface area (Å²) in [4.78, 5) is 28.4. The molecule has 10 heteroatoms. The van der Waals surface area contributed by atoms with E-state index in [0.717, 1.165) is 46.7 Å². The Bertz CT molecular complexity index is 1530. The highest BCUT2D eigenvalue weighted by Gasteiger charge is 2.41. The molecular weight excluding hydrogens is 559 g/mol. The quantitative estimate of drug-likeness (QED) is 0.244. The summed E-state index contributed by atoms with van der Waals surface area (Å²) in [7, 11) is 0. The van der Waals surface area contributed by atoms with Crippen LogP contribution in [0.1, 0.15) is 40.8 Å². The van der Waals surface area contributed by atoms with E-state index < -0.39 is 34.8 Å². The Balaban J connectivity index is 1.75. The summed E-state index contributed by atoms with van der Waals surface area (Å²) in [6, 6.07) is 19.0. The topological polar surface area (TPSA) is 73.2 Å². The van der Waals surface area contributed by atoms with Gasteiger partial charge in [0.15, 0.2) is 0 Å². The van der Waals surface area contributed by atoms with Gasteiger partial charge in [-0.2, -0.15) is 18.4 Å². The number of carbonyl (C=O) groups excluding carboxylic acids is 2. The molecule has 3 aromatic rings. The summed E-state index contributed by atoms with van der Waals surface area (Å²) < 4.78 is 40.1. The molecular formula is C30H25ClF3N3O2S. The molecule has 206 valence electrons. The second-order valence-corrected chi connectivity index (χ2v) is 11.1.